The first-order valence-corrected chi connectivity index (χ1v) is 11.7. The second-order valence-corrected chi connectivity index (χ2v) is 9.01. The number of hydrogen-bond acceptors (Lipinski definition) is 5. The van der Waals surface area contributed by atoms with E-state index in [9.17, 15) is 9.59 Å². The van der Waals surface area contributed by atoms with Crippen LogP contribution in [0, 0.1) is 0 Å². The van der Waals surface area contributed by atoms with Crippen molar-refractivity contribution in [3.05, 3.63) is 83.9 Å². The normalized spacial score (nSPS) is 11.3. The molecule has 1 amide bonds. The van der Waals surface area contributed by atoms with Gasteiger partial charge in [0.2, 0.25) is 0 Å². The van der Waals surface area contributed by atoms with Gasteiger partial charge >= 0.3 is 5.97 Å². The summed E-state index contributed by atoms with van der Waals surface area (Å²) in [6.45, 7) is 4.20. The molecular formula is C29H29NO6. The van der Waals surface area contributed by atoms with E-state index in [1.165, 1.54) is 0 Å². The predicted octanol–water partition coefficient (Wildman–Crippen LogP) is 6.02. The Morgan fingerprint density at radius 3 is 2.47 bits per heavy atom. The summed E-state index contributed by atoms with van der Waals surface area (Å²) in [6.07, 6.45) is 0.460. The van der Waals surface area contributed by atoms with Crippen molar-refractivity contribution in [3.8, 4) is 22.8 Å². The van der Waals surface area contributed by atoms with Crippen LogP contribution in [0.4, 0.5) is 0 Å². The molecule has 4 aromatic rings. The van der Waals surface area contributed by atoms with E-state index >= 15 is 0 Å². The van der Waals surface area contributed by atoms with E-state index in [1.54, 1.807) is 25.3 Å². The third-order valence-electron chi connectivity index (χ3n) is 5.96. The Labute approximate surface area is 209 Å². The number of benzene rings is 3. The average molecular weight is 488 g/mol. The Morgan fingerprint density at radius 2 is 1.75 bits per heavy atom. The van der Waals surface area contributed by atoms with Gasteiger partial charge in [-0.05, 0) is 74.4 Å². The standard InChI is InChI=1S/C29H29NO6/c1-29(2,21-11-13-22(34-3)14-12-21)30-28(33)19-10-15-24-20(17-19)18-26(36-24)23-7-4-5-8-25(23)35-16-6-9-27(31)32/h4-5,7-8,10-15,17-18H,6,9,16H2,1-3H3,(H,30,33)(H,31,32). The lowest BCUT2D eigenvalue weighted by atomic mass is 9.93. The first-order valence-electron chi connectivity index (χ1n) is 11.7. The van der Waals surface area contributed by atoms with Crippen LogP contribution >= 0.6 is 0 Å². The van der Waals surface area contributed by atoms with Crippen molar-refractivity contribution in [1.82, 2.24) is 5.32 Å². The maximum absolute atomic E-state index is 13.1. The highest BCUT2D eigenvalue weighted by Crippen LogP contribution is 2.34. The highest BCUT2D eigenvalue weighted by Gasteiger charge is 2.24. The fourth-order valence-electron chi connectivity index (χ4n) is 3.95. The third kappa shape index (κ3) is 5.68. The van der Waals surface area contributed by atoms with Gasteiger partial charge in [0, 0.05) is 17.4 Å². The van der Waals surface area contributed by atoms with E-state index in [4.69, 9.17) is 19.0 Å². The molecule has 0 radical (unpaired) electrons. The zero-order chi connectivity index (χ0) is 25.7. The Kier molecular flexibility index (Phi) is 7.29. The molecule has 0 fully saturated rings. The van der Waals surface area contributed by atoms with Crippen molar-refractivity contribution in [3.63, 3.8) is 0 Å². The van der Waals surface area contributed by atoms with Crippen LogP contribution in [0.25, 0.3) is 22.3 Å². The van der Waals surface area contributed by atoms with Gasteiger partial charge in [-0.2, -0.15) is 0 Å². The largest absolute Gasteiger partial charge is 0.497 e. The zero-order valence-corrected chi connectivity index (χ0v) is 20.5. The number of methoxy groups -OCH3 is 1. The lowest BCUT2D eigenvalue weighted by Crippen LogP contribution is -2.40. The van der Waals surface area contributed by atoms with Crippen LogP contribution in [0.5, 0.6) is 11.5 Å². The molecule has 0 saturated heterocycles. The number of carbonyl (C=O) groups is 2. The number of aliphatic carboxylic acids is 1. The Balaban J connectivity index is 1.52. The molecule has 4 rings (SSSR count). The molecular weight excluding hydrogens is 458 g/mol. The van der Waals surface area contributed by atoms with Crippen molar-refractivity contribution < 1.29 is 28.6 Å². The van der Waals surface area contributed by atoms with E-state index in [0.717, 1.165) is 22.3 Å². The number of amides is 1. The molecule has 0 atom stereocenters. The van der Waals surface area contributed by atoms with Gasteiger partial charge < -0.3 is 24.3 Å². The first-order chi connectivity index (χ1) is 17.3. The van der Waals surface area contributed by atoms with Crippen LogP contribution in [-0.4, -0.2) is 30.7 Å². The van der Waals surface area contributed by atoms with Gasteiger partial charge in [-0.3, -0.25) is 9.59 Å². The van der Waals surface area contributed by atoms with Crippen molar-refractivity contribution in [2.24, 2.45) is 0 Å². The lowest BCUT2D eigenvalue weighted by molar-refractivity contribution is -0.137. The summed E-state index contributed by atoms with van der Waals surface area (Å²) in [7, 11) is 1.62. The minimum absolute atomic E-state index is 0.0485. The summed E-state index contributed by atoms with van der Waals surface area (Å²) in [4.78, 5) is 23.8. The summed E-state index contributed by atoms with van der Waals surface area (Å²) in [5.74, 6) is 0.935. The molecule has 0 aliphatic rings. The van der Waals surface area contributed by atoms with Crippen molar-refractivity contribution in [1.29, 1.82) is 0 Å². The smallest absolute Gasteiger partial charge is 0.303 e. The quantitative estimate of drug-likeness (QED) is 0.266. The lowest BCUT2D eigenvalue weighted by Gasteiger charge is -2.27. The maximum atomic E-state index is 13.1. The predicted molar refractivity (Wildman–Crippen MR) is 138 cm³/mol. The first kappa shape index (κ1) is 24.9. The number of carboxylic acid groups (broad SMARTS) is 1. The summed E-state index contributed by atoms with van der Waals surface area (Å²) in [5, 5.41) is 12.7. The maximum Gasteiger partial charge on any atom is 0.303 e. The molecule has 0 spiro atoms. The molecule has 1 heterocycles. The van der Waals surface area contributed by atoms with Crippen molar-refractivity contribution in [2.45, 2.75) is 32.2 Å². The number of carbonyl (C=O) groups excluding carboxylic acids is 1. The number of nitrogens with one attached hydrogen (secondary N) is 1. The summed E-state index contributed by atoms with van der Waals surface area (Å²) < 4.78 is 17.1. The summed E-state index contributed by atoms with van der Waals surface area (Å²) >= 11 is 0. The molecule has 0 aliphatic carbocycles. The second-order valence-electron chi connectivity index (χ2n) is 9.01. The summed E-state index contributed by atoms with van der Waals surface area (Å²) in [6, 6.07) is 22.3. The van der Waals surface area contributed by atoms with Gasteiger partial charge in [0.05, 0.1) is 24.8 Å². The molecule has 7 heteroatoms. The Hall–Kier alpha value is -4.26. The van der Waals surface area contributed by atoms with Crippen LogP contribution < -0.4 is 14.8 Å². The number of rotatable bonds is 10. The molecule has 0 bridgehead atoms. The van der Waals surface area contributed by atoms with Crippen LogP contribution in [0.2, 0.25) is 0 Å². The SMILES string of the molecule is COc1ccc(C(C)(C)NC(=O)c2ccc3oc(-c4ccccc4OCCCC(=O)O)cc3c2)cc1. The number of ether oxygens (including phenoxy) is 2. The molecule has 2 N–H and O–H groups in total. The van der Waals surface area contributed by atoms with Crippen LogP contribution in [0.3, 0.4) is 0 Å². The Morgan fingerprint density at radius 1 is 1.00 bits per heavy atom. The number of hydrogen-bond donors (Lipinski definition) is 2. The van der Waals surface area contributed by atoms with Gasteiger partial charge in [-0.15, -0.1) is 0 Å². The van der Waals surface area contributed by atoms with Gasteiger partial charge in [-0.1, -0.05) is 24.3 Å². The topological polar surface area (TPSA) is 98.0 Å². The number of fused-ring (bicyclic) bond motifs is 1. The van der Waals surface area contributed by atoms with Gasteiger partial charge in [0.15, 0.2) is 0 Å². The minimum atomic E-state index is -0.851. The molecule has 3 aromatic carbocycles. The number of carboxylic acids is 1. The summed E-state index contributed by atoms with van der Waals surface area (Å²) in [5.41, 5.74) is 2.31. The van der Waals surface area contributed by atoms with E-state index in [2.05, 4.69) is 5.32 Å². The fourth-order valence-corrected chi connectivity index (χ4v) is 3.95. The highest BCUT2D eigenvalue weighted by molar-refractivity contribution is 5.99. The molecule has 1 aromatic heterocycles. The molecule has 36 heavy (non-hydrogen) atoms. The minimum Gasteiger partial charge on any atom is -0.497 e. The fraction of sp³-hybridized carbons (Fsp3) is 0.241. The second kappa shape index (κ2) is 10.6. The van der Waals surface area contributed by atoms with E-state index in [1.807, 2.05) is 68.4 Å². The molecule has 0 aliphatic heterocycles. The number of para-hydroxylation sites is 1. The monoisotopic (exact) mass is 487 g/mol. The zero-order valence-electron chi connectivity index (χ0n) is 20.5. The van der Waals surface area contributed by atoms with Crippen LogP contribution in [-0.2, 0) is 10.3 Å². The highest BCUT2D eigenvalue weighted by atomic mass is 16.5. The Bertz CT molecular complexity index is 1370. The van der Waals surface area contributed by atoms with Crippen molar-refractivity contribution >= 4 is 22.8 Å². The van der Waals surface area contributed by atoms with Gasteiger partial charge in [0.25, 0.3) is 5.91 Å². The van der Waals surface area contributed by atoms with Crippen LogP contribution in [0.1, 0.15) is 42.6 Å². The van der Waals surface area contributed by atoms with E-state index in [-0.39, 0.29) is 18.9 Å². The molecule has 0 unspecified atom stereocenters. The van der Waals surface area contributed by atoms with Gasteiger partial charge in [0.1, 0.15) is 22.8 Å². The van der Waals surface area contributed by atoms with E-state index in [0.29, 0.717) is 29.1 Å². The molecule has 186 valence electrons. The van der Waals surface area contributed by atoms with Crippen molar-refractivity contribution in [2.75, 3.05) is 13.7 Å². The average Bonchev–Trinajstić information content (AvgIpc) is 3.30. The van der Waals surface area contributed by atoms with Gasteiger partial charge in [-0.25, -0.2) is 0 Å². The molecule has 0 saturated carbocycles. The van der Waals surface area contributed by atoms with E-state index < -0.39 is 11.5 Å². The third-order valence-corrected chi connectivity index (χ3v) is 5.96. The number of furan rings is 1. The van der Waals surface area contributed by atoms with Crippen LogP contribution in [0.15, 0.2) is 77.2 Å². The molecule has 7 nitrogen and oxygen atoms in total.